The van der Waals surface area contributed by atoms with Crippen LogP contribution in [0.1, 0.15) is 21.8 Å². The minimum Gasteiger partial charge on any atom is -0.314 e. The Bertz CT molecular complexity index is 791. The van der Waals surface area contributed by atoms with Gasteiger partial charge in [0.25, 0.3) is 0 Å². The van der Waals surface area contributed by atoms with Gasteiger partial charge in [-0.2, -0.15) is 5.26 Å². The van der Waals surface area contributed by atoms with Crippen LogP contribution in [0.4, 0.5) is 0 Å². The maximum Gasteiger partial charge on any atom is 0.116 e. The lowest BCUT2D eigenvalue weighted by Gasteiger charge is -2.05. The Kier molecular flexibility index (Phi) is 3.29. The first-order valence-electron chi connectivity index (χ1n) is 6.54. The molecule has 0 spiro atoms. The van der Waals surface area contributed by atoms with E-state index >= 15 is 0 Å². The fourth-order valence-corrected chi connectivity index (χ4v) is 3.08. The van der Waals surface area contributed by atoms with E-state index in [0.717, 1.165) is 23.3 Å². The van der Waals surface area contributed by atoms with Crippen molar-refractivity contribution in [2.75, 3.05) is 0 Å². The zero-order valence-electron chi connectivity index (χ0n) is 11.6. The quantitative estimate of drug-likeness (QED) is 0.732. The summed E-state index contributed by atoms with van der Waals surface area (Å²) in [5.41, 5.74) is 4.51. The fraction of sp³-hybridized carbons (Fsp3) is 0.250. The highest BCUT2D eigenvalue weighted by Gasteiger charge is 2.12. The summed E-state index contributed by atoms with van der Waals surface area (Å²) in [6.07, 6.45) is 0.784. The van der Waals surface area contributed by atoms with E-state index < -0.39 is 0 Å². The molecule has 3 aromatic rings. The monoisotopic (exact) mass is 281 g/mol. The van der Waals surface area contributed by atoms with E-state index in [2.05, 4.69) is 43.5 Å². The largest absolute Gasteiger partial charge is 0.314 e. The number of rotatable bonds is 3. The summed E-state index contributed by atoms with van der Waals surface area (Å²) in [5.74, 6) is 0.967. The van der Waals surface area contributed by atoms with Crippen LogP contribution in [0.25, 0.3) is 11.0 Å². The van der Waals surface area contributed by atoms with Gasteiger partial charge in [0.2, 0.25) is 0 Å². The molecule has 4 heteroatoms. The van der Waals surface area contributed by atoms with Crippen molar-refractivity contribution in [2.45, 2.75) is 26.8 Å². The van der Waals surface area contributed by atoms with Crippen LogP contribution in [0.2, 0.25) is 0 Å². The van der Waals surface area contributed by atoms with Crippen molar-refractivity contribution in [3.05, 3.63) is 51.5 Å². The molecule has 0 amide bonds. The predicted molar refractivity (Wildman–Crippen MR) is 81.9 cm³/mol. The number of nitriles is 1. The summed E-state index contributed by atoms with van der Waals surface area (Å²) in [7, 11) is 0. The Morgan fingerprint density at radius 1 is 1.30 bits per heavy atom. The third-order valence-electron chi connectivity index (χ3n) is 3.58. The van der Waals surface area contributed by atoms with Gasteiger partial charge in [-0.05, 0) is 48.6 Å². The number of nitrogens with zero attached hydrogens (tertiary/aromatic N) is 3. The molecule has 1 aromatic carbocycles. The third kappa shape index (κ3) is 2.21. The molecule has 0 aliphatic heterocycles. The molecule has 0 aliphatic carbocycles. The van der Waals surface area contributed by atoms with Crippen LogP contribution < -0.4 is 0 Å². The molecular formula is C16H15N3S. The van der Waals surface area contributed by atoms with E-state index in [1.807, 2.05) is 10.6 Å². The summed E-state index contributed by atoms with van der Waals surface area (Å²) in [4.78, 5) is 6.00. The van der Waals surface area contributed by atoms with Crippen LogP contribution in [0.3, 0.4) is 0 Å². The highest BCUT2D eigenvalue weighted by Crippen LogP contribution is 2.23. The van der Waals surface area contributed by atoms with Gasteiger partial charge >= 0.3 is 0 Å². The standard InChI is InChI=1S/C16H15N3S/c1-11-8-14-15(9-12(11)2)19(6-5-17)16(18-14)10-13-4-3-7-20-13/h3-4,7-9H,6,10H2,1-2H3. The molecule has 0 fully saturated rings. The Morgan fingerprint density at radius 2 is 2.10 bits per heavy atom. The van der Waals surface area contributed by atoms with Crippen LogP contribution in [0.5, 0.6) is 0 Å². The second kappa shape index (κ2) is 5.10. The minimum atomic E-state index is 0.347. The number of hydrogen-bond donors (Lipinski definition) is 0. The number of thiophene rings is 1. The average molecular weight is 281 g/mol. The van der Waals surface area contributed by atoms with Crippen molar-refractivity contribution in [1.29, 1.82) is 5.26 Å². The Hall–Kier alpha value is -2.12. The smallest absolute Gasteiger partial charge is 0.116 e. The van der Waals surface area contributed by atoms with Gasteiger partial charge in [-0.3, -0.25) is 0 Å². The Labute approximate surface area is 122 Å². The molecule has 0 unspecified atom stereocenters. The van der Waals surface area contributed by atoms with Crippen LogP contribution in [-0.4, -0.2) is 9.55 Å². The van der Waals surface area contributed by atoms with Crippen LogP contribution >= 0.6 is 11.3 Å². The lowest BCUT2D eigenvalue weighted by Crippen LogP contribution is -2.03. The maximum absolute atomic E-state index is 9.08. The fourth-order valence-electron chi connectivity index (χ4n) is 2.38. The third-order valence-corrected chi connectivity index (χ3v) is 4.46. The molecule has 20 heavy (non-hydrogen) atoms. The highest BCUT2D eigenvalue weighted by atomic mass is 32.1. The van der Waals surface area contributed by atoms with Crippen molar-refractivity contribution >= 4 is 22.4 Å². The second-order valence-electron chi connectivity index (χ2n) is 4.95. The van der Waals surface area contributed by atoms with Crippen molar-refractivity contribution in [3.8, 4) is 6.07 Å². The lowest BCUT2D eigenvalue weighted by atomic mass is 10.1. The molecule has 2 aromatic heterocycles. The summed E-state index contributed by atoms with van der Waals surface area (Å²) >= 11 is 1.72. The van der Waals surface area contributed by atoms with Crippen molar-refractivity contribution in [3.63, 3.8) is 0 Å². The molecule has 3 rings (SSSR count). The van der Waals surface area contributed by atoms with Crippen molar-refractivity contribution < 1.29 is 0 Å². The molecule has 0 aliphatic rings. The molecule has 2 heterocycles. The summed E-state index contributed by atoms with van der Waals surface area (Å²) < 4.78 is 2.03. The van der Waals surface area contributed by atoms with Crippen LogP contribution in [0.15, 0.2) is 29.6 Å². The molecule has 100 valence electrons. The molecule has 0 N–H and O–H groups in total. The maximum atomic E-state index is 9.08. The van der Waals surface area contributed by atoms with Gasteiger partial charge in [0, 0.05) is 11.3 Å². The predicted octanol–water partition coefficient (Wildman–Crippen LogP) is 3.83. The number of fused-ring (bicyclic) bond motifs is 1. The normalized spacial score (nSPS) is 10.8. The lowest BCUT2D eigenvalue weighted by molar-refractivity contribution is 0.790. The Morgan fingerprint density at radius 3 is 2.80 bits per heavy atom. The first-order chi connectivity index (χ1) is 9.69. The number of benzene rings is 1. The molecule has 0 saturated heterocycles. The SMILES string of the molecule is Cc1cc2nc(Cc3cccs3)n(CC#N)c2cc1C. The van der Waals surface area contributed by atoms with Gasteiger partial charge in [-0.15, -0.1) is 11.3 Å². The molecule has 0 radical (unpaired) electrons. The molecule has 3 nitrogen and oxygen atoms in total. The van der Waals surface area contributed by atoms with Gasteiger partial charge in [0.1, 0.15) is 12.4 Å². The molecule has 0 atom stereocenters. The van der Waals surface area contributed by atoms with E-state index in [1.165, 1.54) is 16.0 Å². The first-order valence-corrected chi connectivity index (χ1v) is 7.42. The number of aryl methyl sites for hydroxylation is 2. The minimum absolute atomic E-state index is 0.347. The van der Waals surface area contributed by atoms with Gasteiger partial charge in [-0.25, -0.2) is 4.98 Å². The second-order valence-corrected chi connectivity index (χ2v) is 5.99. The van der Waals surface area contributed by atoms with E-state index in [0.29, 0.717) is 6.54 Å². The van der Waals surface area contributed by atoms with Crippen LogP contribution in [-0.2, 0) is 13.0 Å². The summed E-state index contributed by atoms with van der Waals surface area (Å²) in [5, 5.41) is 11.1. The average Bonchev–Trinajstić information content (AvgIpc) is 3.02. The molecule has 0 bridgehead atoms. The van der Waals surface area contributed by atoms with Gasteiger partial charge in [0.05, 0.1) is 17.1 Å². The van der Waals surface area contributed by atoms with Crippen molar-refractivity contribution in [2.24, 2.45) is 0 Å². The van der Waals surface area contributed by atoms with Gasteiger partial charge < -0.3 is 4.57 Å². The van der Waals surface area contributed by atoms with Crippen molar-refractivity contribution in [1.82, 2.24) is 9.55 Å². The topological polar surface area (TPSA) is 41.6 Å². The Balaban J connectivity index is 2.15. The van der Waals surface area contributed by atoms with E-state index in [1.54, 1.807) is 11.3 Å². The highest BCUT2D eigenvalue weighted by molar-refractivity contribution is 7.09. The summed E-state index contributed by atoms with van der Waals surface area (Å²) in [6, 6.07) is 10.6. The van der Waals surface area contributed by atoms with Gasteiger partial charge in [0.15, 0.2) is 0 Å². The zero-order chi connectivity index (χ0) is 14.1. The number of imidazole rings is 1. The number of aromatic nitrogens is 2. The molecule has 0 saturated carbocycles. The van der Waals surface area contributed by atoms with E-state index in [4.69, 9.17) is 10.2 Å². The molecular weight excluding hydrogens is 266 g/mol. The van der Waals surface area contributed by atoms with Crippen LogP contribution in [0, 0.1) is 25.2 Å². The van der Waals surface area contributed by atoms with E-state index in [-0.39, 0.29) is 0 Å². The van der Waals surface area contributed by atoms with Gasteiger partial charge in [-0.1, -0.05) is 6.07 Å². The van der Waals surface area contributed by atoms with E-state index in [9.17, 15) is 0 Å². The summed E-state index contributed by atoms with van der Waals surface area (Å²) in [6.45, 7) is 4.54. The number of hydrogen-bond acceptors (Lipinski definition) is 3. The zero-order valence-corrected chi connectivity index (χ0v) is 12.4. The first kappa shape index (κ1) is 12.9.